The van der Waals surface area contributed by atoms with E-state index in [0.717, 1.165) is 26.0 Å². The zero-order valence-corrected chi connectivity index (χ0v) is 7.51. The van der Waals surface area contributed by atoms with Crippen LogP contribution < -0.4 is 11.5 Å². The summed E-state index contributed by atoms with van der Waals surface area (Å²) in [7, 11) is 0. The molecule has 0 atom stereocenters. The van der Waals surface area contributed by atoms with E-state index in [1.54, 1.807) is 0 Å². The fourth-order valence-electron chi connectivity index (χ4n) is 2.36. The lowest BCUT2D eigenvalue weighted by molar-refractivity contribution is -0.174. The summed E-state index contributed by atoms with van der Waals surface area (Å²) in [5.74, 6) is 0. The van der Waals surface area contributed by atoms with Crippen LogP contribution in [-0.2, 0) is 4.74 Å². The maximum atomic E-state index is 5.80. The van der Waals surface area contributed by atoms with Crippen molar-refractivity contribution < 1.29 is 4.74 Å². The third kappa shape index (κ3) is 1.08. The number of hydrogen-bond acceptors (Lipinski definition) is 3. The van der Waals surface area contributed by atoms with E-state index in [1.165, 1.54) is 12.8 Å². The molecular weight excluding hydrogens is 152 g/mol. The Bertz CT molecular complexity index is 137. The summed E-state index contributed by atoms with van der Waals surface area (Å²) in [4.78, 5) is 0. The first-order chi connectivity index (χ1) is 5.74. The molecule has 0 unspecified atom stereocenters. The summed E-state index contributed by atoms with van der Waals surface area (Å²) in [6, 6.07) is 0. The lowest BCUT2D eigenvalue weighted by atomic mass is 9.66. The van der Waals surface area contributed by atoms with E-state index in [-0.39, 0.29) is 5.60 Å². The molecule has 0 spiro atoms. The molecule has 3 heteroatoms. The first kappa shape index (κ1) is 8.48. The quantitative estimate of drug-likeness (QED) is 0.623. The number of ether oxygens (including phenoxy) is 1. The van der Waals surface area contributed by atoms with E-state index in [2.05, 4.69) is 0 Å². The SMILES string of the molecule is NCC12CCC(CN)(CC1)OC2. The first-order valence-corrected chi connectivity index (χ1v) is 4.78. The van der Waals surface area contributed by atoms with Gasteiger partial charge in [-0.15, -0.1) is 0 Å². The molecule has 3 nitrogen and oxygen atoms in total. The molecule has 0 amide bonds. The van der Waals surface area contributed by atoms with Gasteiger partial charge in [-0.2, -0.15) is 0 Å². The molecule has 4 N–H and O–H groups in total. The molecule has 3 fully saturated rings. The highest BCUT2D eigenvalue weighted by Gasteiger charge is 2.48. The van der Waals surface area contributed by atoms with Crippen molar-refractivity contribution in [2.24, 2.45) is 16.9 Å². The Morgan fingerprint density at radius 3 is 2.00 bits per heavy atom. The standard InChI is InChI=1S/C9H18N2O/c10-5-8-1-3-9(6-11,4-2-8)12-7-8/h1-7,10-11H2. The molecule has 0 aromatic carbocycles. The highest BCUT2D eigenvalue weighted by molar-refractivity contribution is 5.00. The van der Waals surface area contributed by atoms with Crippen molar-refractivity contribution in [3.05, 3.63) is 0 Å². The van der Waals surface area contributed by atoms with Crippen LogP contribution in [0.5, 0.6) is 0 Å². The van der Waals surface area contributed by atoms with E-state index in [0.29, 0.717) is 12.0 Å². The Morgan fingerprint density at radius 1 is 1.00 bits per heavy atom. The highest BCUT2D eigenvalue weighted by atomic mass is 16.5. The average Bonchev–Trinajstić information content (AvgIpc) is 2.21. The summed E-state index contributed by atoms with van der Waals surface area (Å²) < 4.78 is 5.80. The second kappa shape index (κ2) is 2.69. The second-order valence-electron chi connectivity index (χ2n) is 4.38. The largest absolute Gasteiger partial charge is 0.373 e. The van der Waals surface area contributed by atoms with E-state index >= 15 is 0 Å². The van der Waals surface area contributed by atoms with Crippen LogP contribution in [0.25, 0.3) is 0 Å². The fourth-order valence-corrected chi connectivity index (χ4v) is 2.36. The van der Waals surface area contributed by atoms with Crippen LogP contribution in [0.4, 0.5) is 0 Å². The van der Waals surface area contributed by atoms with E-state index < -0.39 is 0 Å². The number of nitrogens with two attached hydrogens (primary N) is 2. The number of rotatable bonds is 2. The molecule has 3 aliphatic rings. The van der Waals surface area contributed by atoms with Gasteiger partial charge in [-0.25, -0.2) is 0 Å². The van der Waals surface area contributed by atoms with Crippen molar-refractivity contribution in [2.45, 2.75) is 31.3 Å². The molecule has 0 aromatic rings. The summed E-state index contributed by atoms with van der Waals surface area (Å²) in [6.07, 6.45) is 4.64. The Balaban J connectivity index is 2.09. The molecule has 3 rings (SSSR count). The maximum absolute atomic E-state index is 5.80. The fraction of sp³-hybridized carbons (Fsp3) is 1.00. The molecule has 2 heterocycles. The minimum absolute atomic E-state index is 0.0247. The zero-order valence-electron chi connectivity index (χ0n) is 7.51. The van der Waals surface area contributed by atoms with Gasteiger partial charge < -0.3 is 16.2 Å². The van der Waals surface area contributed by atoms with Crippen LogP contribution in [0.2, 0.25) is 0 Å². The van der Waals surface area contributed by atoms with Gasteiger partial charge in [0.1, 0.15) is 0 Å². The monoisotopic (exact) mass is 170 g/mol. The molecule has 2 saturated heterocycles. The Morgan fingerprint density at radius 2 is 1.67 bits per heavy atom. The summed E-state index contributed by atoms with van der Waals surface area (Å²) in [5, 5.41) is 0. The van der Waals surface area contributed by atoms with Gasteiger partial charge in [-0.05, 0) is 25.7 Å². The van der Waals surface area contributed by atoms with Gasteiger partial charge in [0, 0.05) is 18.5 Å². The molecule has 1 saturated carbocycles. The summed E-state index contributed by atoms with van der Waals surface area (Å²) >= 11 is 0. The van der Waals surface area contributed by atoms with Gasteiger partial charge in [0.2, 0.25) is 0 Å². The maximum Gasteiger partial charge on any atom is 0.0804 e. The van der Waals surface area contributed by atoms with E-state index in [1.807, 2.05) is 0 Å². The number of hydrogen-bond donors (Lipinski definition) is 2. The lowest BCUT2D eigenvalue weighted by Gasteiger charge is -2.52. The van der Waals surface area contributed by atoms with Crippen molar-refractivity contribution >= 4 is 0 Å². The van der Waals surface area contributed by atoms with Gasteiger partial charge in [-0.1, -0.05) is 0 Å². The van der Waals surface area contributed by atoms with Crippen LogP contribution >= 0.6 is 0 Å². The van der Waals surface area contributed by atoms with Crippen molar-refractivity contribution in [1.29, 1.82) is 0 Å². The molecule has 12 heavy (non-hydrogen) atoms. The summed E-state index contributed by atoms with van der Waals surface area (Å²) in [6.45, 7) is 2.28. The lowest BCUT2D eigenvalue weighted by Crippen LogP contribution is -2.56. The summed E-state index contributed by atoms with van der Waals surface area (Å²) in [5.41, 5.74) is 11.8. The third-order valence-electron chi connectivity index (χ3n) is 3.71. The Kier molecular flexibility index (Phi) is 1.90. The van der Waals surface area contributed by atoms with Gasteiger partial charge in [0.15, 0.2) is 0 Å². The van der Waals surface area contributed by atoms with E-state index in [9.17, 15) is 0 Å². The molecule has 2 aliphatic heterocycles. The molecule has 2 bridgehead atoms. The first-order valence-electron chi connectivity index (χ1n) is 4.78. The molecule has 0 radical (unpaired) electrons. The van der Waals surface area contributed by atoms with Crippen LogP contribution in [0.3, 0.4) is 0 Å². The van der Waals surface area contributed by atoms with Crippen LogP contribution in [0, 0.1) is 5.41 Å². The predicted molar refractivity (Wildman–Crippen MR) is 47.7 cm³/mol. The second-order valence-corrected chi connectivity index (χ2v) is 4.38. The van der Waals surface area contributed by atoms with Crippen molar-refractivity contribution in [2.75, 3.05) is 19.7 Å². The van der Waals surface area contributed by atoms with Crippen LogP contribution in [0.15, 0.2) is 0 Å². The smallest absolute Gasteiger partial charge is 0.0804 e. The van der Waals surface area contributed by atoms with Crippen LogP contribution in [-0.4, -0.2) is 25.3 Å². The minimum atomic E-state index is 0.0247. The van der Waals surface area contributed by atoms with Gasteiger partial charge >= 0.3 is 0 Å². The average molecular weight is 170 g/mol. The molecular formula is C9H18N2O. The Hall–Kier alpha value is -0.120. The van der Waals surface area contributed by atoms with Gasteiger partial charge in [0.05, 0.1) is 12.2 Å². The highest BCUT2D eigenvalue weighted by Crippen LogP contribution is 2.47. The normalized spacial score (nSPS) is 46.5. The molecule has 1 aliphatic carbocycles. The molecule has 0 aromatic heterocycles. The minimum Gasteiger partial charge on any atom is -0.373 e. The predicted octanol–water partition coefficient (Wildman–Crippen LogP) is 0.233. The zero-order chi connectivity index (χ0) is 8.66. The van der Waals surface area contributed by atoms with Crippen LogP contribution in [0.1, 0.15) is 25.7 Å². The topological polar surface area (TPSA) is 61.3 Å². The van der Waals surface area contributed by atoms with Crippen molar-refractivity contribution in [3.63, 3.8) is 0 Å². The van der Waals surface area contributed by atoms with Gasteiger partial charge in [0.25, 0.3) is 0 Å². The third-order valence-corrected chi connectivity index (χ3v) is 3.71. The van der Waals surface area contributed by atoms with Crippen molar-refractivity contribution in [3.8, 4) is 0 Å². The van der Waals surface area contributed by atoms with Gasteiger partial charge in [-0.3, -0.25) is 0 Å². The van der Waals surface area contributed by atoms with E-state index in [4.69, 9.17) is 16.2 Å². The molecule has 70 valence electrons. The Labute approximate surface area is 73.4 Å². The number of fused-ring (bicyclic) bond motifs is 3. The van der Waals surface area contributed by atoms with Crippen molar-refractivity contribution in [1.82, 2.24) is 0 Å².